The fourth-order valence-corrected chi connectivity index (χ4v) is 3.71. The fraction of sp³-hybridized carbons (Fsp3) is 0.158. The molecular formula is C19H13ClFN5O2. The largest absolute Gasteiger partial charge is 0.325 e. The molecule has 3 heterocycles. The van der Waals surface area contributed by atoms with Crippen LogP contribution in [-0.4, -0.2) is 24.6 Å². The summed E-state index contributed by atoms with van der Waals surface area (Å²) in [4.78, 5) is 32.5. The van der Waals surface area contributed by atoms with Crippen LogP contribution in [0.5, 0.6) is 0 Å². The van der Waals surface area contributed by atoms with Crippen LogP contribution in [0.3, 0.4) is 0 Å². The number of halogens is 2. The molecule has 0 unspecified atom stereocenters. The van der Waals surface area contributed by atoms with E-state index in [4.69, 9.17) is 11.6 Å². The maximum atomic E-state index is 13.8. The van der Waals surface area contributed by atoms with E-state index in [0.29, 0.717) is 11.3 Å². The summed E-state index contributed by atoms with van der Waals surface area (Å²) in [6, 6.07) is 6.66. The number of fused-ring (bicyclic) bond motifs is 1. The molecular weight excluding hydrogens is 385 g/mol. The van der Waals surface area contributed by atoms with E-state index in [2.05, 4.69) is 20.1 Å². The lowest BCUT2D eigenvalue weighted by atomic mass is 10.0. The van der Waals surface area contributed by atoms with Crippen molar-refractivity contribution in [3.05, 3.63) is 85.7 Å². The first-order valence-electron chi connectivity index (χ1n) is 8.63. The molecule has 140 valence electrons. The molecule has 1 aliphatic carbocycles. The van der Waals surface area contributed by atoms with E-state index in [1.165, 1.54) is 12.3 Å². The molecule has 0 bridgehead atoms. The molecule has 1 aromatic carbocycles. The number of hydrogen-bond acceptors (Lipinski definition) is 4. The van der Waals surface area contributed by atoms with Crippen molar-refractivity contribution in [2.75, 3.05) is 0 Å². The van der Waals surface area contributed by atoms with Crippen LogP contribution in [0.15, 0.2) is 52.4 Å². The van der Waals surface area contributed by atoms with Gasteiger partial charge in [0.15, 0.2) is 5.65 Å². The van der Waals surface area contributed by atoms with E-state index in [1.54, 1.807) is 23.0 Å². The Hall–Kier alpha value is -3.26. The Labute approximate surface area is 161 Å². The van der Waals surface area contributed by atoms with Gasteiger partial charge in [-0.25, -0.2) is 18.7 Å². The molecule has 2 atom stereocenters. The second-order valence-electron chi connectivity index (χ2n) is 6.79. The molecule has 0 saturated heterocycles. The number of H-pyrrole nitrogens is 2. The minimum Gasteiger partial charge on any atom is -0.313 e. The molecule has 1 saturated carbocycles. The van der Waals surface area contributed by atoms with E-state index in [-0.39, 0.29) is 22.4 Å². The summed E-state index contributed by atoms with van der Waals surface area (Å²) < 4.78 is 15.4. The standard InChI is InChI=1S/C19H13ClFN5O2/c20-14-2-1-9(5-15(14)21)10-6-11(10)12-7-16(25-26-4-3-22-17(12)26)13-8-23-19(28)24-18(13)27/h1-5,7-8,10-11H,6H2,(H2,23,24,27,28)/t10-,11+/m1/s1. The zero-order chi connectivity index (χ0) is 19.4. The first-order valence-corrected chi connectivity index (χ1v) is 9.00. The topological polar surface area (TPSA) is 95.9 Å². The van der Waals surface area contributed by atoms with Gasteiger partial charge in [0, 0.05) is 24.2 Å². The number of hydrogen-bond donors (Lipinski definition) is 2. The number of nitrogens with zero attached hydrogens (tertiary/aromatic N) is 3. The second kappa shape index (κ2) is 6.13. The second-order valence-corrected chi connectivity index (χ2v) is 7.20. The van der Waals surface area contributed by atoms with Gasteiger partial charge in [0.25, 0.3) is 5.56 Å². The average Bonchev–Trinajstić information content (AvgIpc) is 3.31. The molecule has 2 N–H and O–H groups in total. The molecule has 7 nitrogen and oxygen atoms in total. The van der Waals surface area contributed by atoms with Crippen LogP contribution in [-0.2, 0) is 0 Å². The van der Waals surface area contributed by atoms with Gasteiger partial charge in [-0.3, -0.25) is 9.78 Å². The molecule has 0 aliphatic heterocycles. The van der Waals surface area contributed by atoms with Crippen molar-refractivity contribution in [2.45, 2.75) is 18.3 Å². The van der Waals surface area contributed by atoms with E-state index >= 15 is 0 Å². The van der Waals surface area contributed by atoms with Gasteiger partial charge >= 0.3 is 5.69 Å². The molecule has 3 aromatic heterocycles. The quantitative estimate of drug-likeness (QED) is 0.555. The van der Waals surface area contributed by atoms with Gasteiger partial charge in [0.05, 0.1) is 16.3 Å². The maximum absolute atomic E-state index is 13.8. The smallest absolute Gasteiger partial charge is 0.313 e. The van der Waals surface area contributed by atoms with Crippen molar-refractivity contribution in [3.63, 3.8) is 0 Å². The Kier molecular flexibility index (Phi) is 3.70. The van der Waals surface area contributed by atoms with Gasteiger partial charge < -0.3 is 4.98 Å². The van der Waals surface area contributed by atoms with Crippen LogP contribution in [0, 0.1) is 5.82 Å². The highest BCUT2D eigenvalue weighted by atomic mass is 35.5. The number of benzene rings is 1. The number of nitrogens with one attached hydrogen (secondary N) is 2. The Morgan fingerprint density at radius 3 is 2.86 bits per heavy atom. The van der Waals surface area contributed by atoms with Crippen molar-refractivity contribution in [3.8, 4) is 11.3 Å². The lowest BCUT2D eigenvalue weighted by Gasteiger charge is -2.07. The highest BCUT2D eigenvalue weighted by molar-refractivity contribution is 6.30. The minimum absolute atomic E-state index is 0.0973. The van der Waals surface area contributed by atoms with Crippen molar-refractivity contribution < 1.29 is 4.39 Å². The third kappa shape index (κ3) is 2.73. The molecule has 5 rings (SSSR count). The SMILES string of the molecule is O=c1[nH]cc(-c2cc([C@H]3C[C@@H]3c3ccc(Cl)c(F)c3)c3nccn3n2)c(=O)[nH]1. The molecule has 4 aromatic rings. The zero-order valence-electron chi connectivity index (χ0n) is 14.3. The molecule has 28 heavy (non-hydrogen) atoms. The highest BCUT2D eigenvalue weighted by Crippen LogP contribution is 2.55. The molecule has 0 radical (unpaired) electrons. The lowest BCUT2D eigenvalue weighted by molar-refractivity contribution is 0.626. The van der Waals surface area contributed by atoms with Gasteiger partial charge in [0.1, 0.15) is 5.82 Å². The first-order chi connectivity index (χ1) is 13.5. The molecule has 0 spiro atoms. The van der Waals surface area contributed by atoms with Crippen molar-refractivity contribution >= 4 is 17.2 Å². The summed E-state index contributed by atoms with van der Waals surface area (Å²) in [5, 5.41) is 4.52. The molecule has 0 amide bonds. The third-order valence-electron chi connectivity index (χ3n) is 5.04. The van der Waals surface area contributed by atoms with Crippen LogP contribution in [0.25, 0.3) is 16.9 Å². The summed E-state index contributed by atoms with van der Waals surface area (Å²) in [5.41, 5.74) is 2.06. The zero-order valence-corrected chi connectivity index (χ0v) is 15.1. The monoisotopic (exact) mass is 397 g/mol. The Bertz CT molecular complexity index is 1340. The highest BCUT2D eigenvalue weighted by Gasteiger charge is 2.41. The van der Waals surface area contributed by atoms with E-state index in [9.17, 15) is 14.0 Å². The first kappa shape index (κ1) is 16.9. The van der Waals surface area contributed by atoms with Crippen LogP contribution < -0.4 is 11.2 Å². The Balaban J connectivity index is 1.60. The molecule has 1 aliphatic rings. The van der Waals surface area contributed by atoms with Gasteiger partial charge in [-0.1, -0.05) is 17.7 Å². The summed E-state index contributed by atoms with van der Waals surface area (Å²) >= 11 is 5.78. The maximum Gasteiger partial charge on any atom is 0.325 e. The van der Waals surface area contributed by atoms with Gasteiger partial charge in [-0.15, -0.1) is 0 Å². The van der Waals surface area contributed by atoms with Gasteiger partial charge in [-0.2, -0.15) is 5.10 Å². The van der Waals surface area contributed by atoms with Crippen LogP contribution in [0.1, 0.15) is 29.4 Å². The average molecular weight is 398 g/mol. The summed E-state index contributed by atoms with van der Waals surface area (Å²) in [6.07, 6.45) is 5.50. The number of aromatic amines is 2. The van der Waals surface area contributed by atoms with Gasteiger partial charge in [0.2, 0.25) is 0 Å². The lowest BCUT2D eigenvalue weighted by Crippen LogP contribution is -2.23. The normalized spacial score (nSPS) is 18.5. The number of aromatic nitrogens is 5. The molecule has 1 fully saturated rings. The van der Waals surface area contributed by atoms with Crippen LogP contribution in [0.2, 0.25) is 5.02 Å². The fourth-order valence-electron chi connectivity index (χ4n) is 3.60. The minimum atomic E-state index is -0.579. The Morgan fingerprint density at radius 1 is 1.21 bits per heavy atom. The summed E-state index contributed by atoms with van der Waals surface area (Å²) in [5.74, 6) is -0.184. The predicted octanol–water partition coefficient (Wildman–Crippen LogP) is 2.84. The van der Waals surface area contributed by atoms with Gasteiger partial charge in [-0.05, 0) is 42.0 Å². The molecule has 9 heteroatoms. The number of rotatable bonds is 3. The van der Waals surface area contributed by atoms with Crippen molar-refractivity contribution in [1.82, 2.24) is 24.6 Å². The van der Waals surface area contributed by atoms with E-state index < -0.39 is 17.1 Å². The van der Waals surface area contributed by atoms with Crippen molar-refractivity contribution in [2.24, 2.45) is 0 Å². The number of imidazole rings is 1. The van der Waals surface area contributed by atoms with Crippen LogP contribution in [0.4, 0.5) is 4.39 Å². The van der Waals surface area contributed by atoms with E-state index in [0.717, 1.165) is 17.5 Å². The van der Waals surface area contributed by atoms with Crippen LogP contribution >= 0.6 is 11.6 Å². The summed E-state index contributed by atoms with van der Waals surface area (Å²) in [6.45, 7) is 0. The Morgan fingerprint density at radius 2 is 2.07 bits per heavy atom. The van der Waals surface area contributed by atoms with Crippen molar-refractivity contribution in [1.29, 1.82) is 0 Å². The predicted molar refractivity (Wildman–Crippen MR) is 101 cm³/mol. The summed E-state index contributed by atoms with van der Waals surface area (Å²) in [7, 11) is 0. The third-order valence-corrected chi connectivity index (χ3v) is 5.35. The van der Waals surface area contributed by atoms with E-state index in [1.807, 2.05) is 12.1 Å².